The van der Waals surface area contributed by atoms with Crippen LogP contribution in [0.2, 0.25) is 0 Å². The molecule has 0 aromatic heterocycles. The van der Waals surface area contributed by atoms with Gasteiger partial charge in [-0.15, -0.1) is 0 Å². The molecule has 1 aromatic carbocycles. The van der Waals surface area contributed by atoms with Crippen LogP contribution in [-0.2, 0) is 0 Å². The van der Waals surface area contributed by atoms with E-state index in [-0.39, 0.29) is 11.9 Å². The van der Waals surface area contributed by atoms with E-state index in [1.165, 1.54) is 6.92 Å². The number of ketones is 1. The highest BCUT2D eigenvalue weighted by atomic mass is 16.5. The summed E-state index contributed by atoms with van der Waals surface area (Å²) < 4.78 is 5.64. The first kappa shape index (κ1) is 16.3. The van der Waals surface area contributed by atoms with Crippen molar-refractivity contribution < 1.29 is 19.4 Å². The lowest BCUT2D eigenvalue weighted by Gasteiger charge is -2.23. The average molecular weight is 306 g/mol. The fraction of sp³-hybridized carbons (Fsp3) is 0.500. The zero-order chi connectivity index (χ0) is 15.9. The smallest absolute Gasteiger partial charge is 0.405 e. The van der Waals surface area contributed by atoms with Crippen LogP contribution in [0.4, 0.5) is 4.79 Å². The number of carbonyl (C=O) groups is 2. The summed E-state index contributed by atoms with van der Waals surface area (Å²) in [4.78, 5) is 24.0. The molecule has 6 nitrogen and oxygen atoms in total. The Morgan fingerprint density at radius 3 is 2.73 bits per heavy atom. The van der Waals surface area contributed by atoms with Gasteiger partial charge in [0.15, 0.2) is 5.78 Å². The van der Waals surface area contributed by atoms with Gasteiger partial charge in [-0.1, -0.05) is 0 Å². The minimum absolute atomic E-state index is 0.0394. The molecule has 1 aliphatic heterocycles. The Kier molecular flexibility index (Phi) is 5.77. The third kappa shape index (κ3) is 4.73. The van der Waals surface area contributed by atoms with Crippen molar-refractivity contribution in [1.82, 2.24) is 10.2 Å². The maximum Gasteiger partial charge on any atom is 0.405 e. The van der Waals surface area contributed by atoms with Crippen LogP contribution >= 0.6 is 0 Å². The molecule has 0 radical (unpaired) electrons. The number of carbonyl (C=O) groups excluding carboxylic acids is 1. The fourth-order valence-electron chi connectivity index (χ4n) is 2.64. The number of rotatable bonds is 7. The van der Waals surface area contributed by atoms with Crippen molar-refractivity contribution in [3.05, 3.63) is 29.8 Å². The van der Waals surface area contributed by atoms with E-state index in [9.17, 15) is 9.59 Å². The van der Waals surface area contributed by atoms with Gasteiger partial charge in [-0.05, 0) is 50.5 Å². The molecule has 2 N–H and O–H groups in total. The van der Waals surface area contributed by atoms with Gasteiger partial charge in [0, 0.05) is 18.7 Å². The molecule has 1 amide bonds. The molecule has 0 spiro atoms. The number of carboxylic acid groups (broad SMARTS) is 1. The zero-order valence-corrected chi connectivity index (χ0v) is 12.7. The number of hydrogen-bond donors (Lipinski definition) is 2. The molecule has 0 bridgehead atoms. The van der Waals surface area contributed by atoms with Gasteiger partial charge >= 0.3 is 6.09 Å². The molecule has 1 fully saturated rings. The largest absolute Gasteiger partial charge is 0.494 e. The molecule has 0 aliphatic carbocycles. The first-order valence-electron chi connectivity index (χ1n) is 7.53. The Morgan fingerprint density at radius 2 is 2.09 bits per heavy atom. The topological polar surface area (TPSA) is 78.9 Å². The first-order chi connectivity index (χ1) is 10.6. The van der Waals surface area contributed by atoms with Gasteiger partial charge in [-0.2, -0.15) is 0 Å². The van der Waals surface area contributed by atoms with E-state index in [4.69, 9.17) is 9.84 Å². The second kappa shape index (κ2) is 7.79. The Morgan fingerprint density at radius 1 is 1.36 bits per heavy atom. The number of likely N-dealkylation sites (tertiary alicyclic amines) is 1. The van der Waals surface area contributed by atoms with Crippen molar-refractivity contribution in [3.8, 4) is 5.75 Å². The first-order valence-corrected chi connectivity index (χ1v) is 7.53. The summed E-state index contributed by atoms with van der Waals surface area (Å²) in [7, 11) is 0. The van der Waals surface area contributed by atoms with Gasteiger partial charge in [0.1, 0.15) is 5.75 Å². The molecule has 120 valence electrons. The van der Waals surface area contributed by atoms with Crippen molar-refractivity contribution in [2.24, 2.45) is 0 Å². The Balaban J connectivity index is 1.70. The van der Waals surface area contributed by atoms with Crippen LogP contribution in [0.25, 0.3) is 0 Å². The van der Waals surface area contributed by atoms with Crippen molar-refractivity contribution in [3.63, 3.8) is 0 Å². The lowest BCUT2D eigenvalue weighted by Crippen LogP contribution is -2.44. The van der Waals surface area contributed by atoms with Crippen molar-refractivity contribution in [1.29, 1.82) is 0 Å². The summed E-state index contributed by atoms with van der Waals surface area (Å²) in [5.74, 6) is 0.782. The van der Waals surface area contributed by atoms with Gasteiger partial charge < -0.3 is 15.2 Å². The van der Waals surface area contributed by atoms with Crippen LogP contribution in [0.5, 0.6) is 5.75 Å². The summed E-state index contributed by atoms with van der Waals surface area (Å²) >= 11 is 0. The van der Waals surface area contributed by atoms with Crippen LogP contribution in [0, 0.1) is 0 Å². The van der Waals surface area contributed by atoms with E-state index >= 15 is 0 Å². The number of nitrogens with one attached hydrogen (secondary N) is 1. The minimum atomic E-state index is -0.973. The molecule has 6 heteroatoms. The number of amides is 1. The number of nitrogens with zero attached hydrogens (tertiary/aromatic N) is 1. The third-order valence-electron chi connectivity index (χ3n) is 3.77. The molecule has 1 unspecified atom stereocenters. The van der Waals surface area contributed by atoms with E-state index in [1.807, 2.05) is 0 Å². The van der Waals surface area contributed by atoms with Crippen LogP contribution < -0.4 is 10.1 Å². The highest BCUT2D eigenvalue weighted by molar-refractivity contribution is 5.94. The van der Waals surface area contributed by atoms with Gasteiger partial charge in [-0.25, -0.2) is 4.79 Å². The van der Waals surface area contributed by atoms with E-state index in [0.29, 0.717) is 12.2 Å². The SMILES string of the molecule is CC(=O)c1ccc(OCCCN2CCCC2NC(=O)O)cc1. The molecule has 2 rings (SSSR count). The van der Waals surface area contributed by atoms with Crippen molar-refractivity contribution in [2.75, 3.05) is 19.7 Å². The maximum absolute atomic E-state index is 11.2. The van der Waals surface area contributed by atoms with E-state index < -0.39 is 6.09 Å². The second-order valence-electron chi connectivity index (χ2n) is 5.43. The summed E-state index contributed by atoms with van der Waals surface area (Å²) in [5, 5.41) is 11.3. The molecule has 22 heavy (non-hydrogen) atoms. The number of Topliss-reactive ketones (excluding diaryl/α,β-unsaturated/α-hetero) is 1. The molecule has 1 aromatic rings. The fourth-order valence-corrected chi connectivity index (χ4v) is 2.64. The molecule has 1 heterocycles. The standard InChI is InChI=1S/C16H22N2O4/c1-12(19)13-5-7-14(8-6-13)22-11-3-10-18-9-2-4-15(18)17-16(20)21/h5-8,15,17H,2-4,9-11H2,1H3,(H,20,21). The Bertz CT molecular complexity index is 515. The summed E-state index contributed by atoms with van der Waals surface area (Å²) in [6.07, 6.45) is 1.65. The van der Waals surface area contributed by atoms with E-state index in [0.717, 1.165) is 38.1 Å². The zero-order valence-electron chi connectivity index (χ0n) is 12.7. The van der Waals surface area contributed by atoms with Crippen LogP contribution in [-0.4, -0.2) is 47.7 Å². The second-order valence-corrected chi connectivity index (χ2v) is 5.43. The molecular weight excluding hydrogens is 284 g/mol. The normalized spacial score (nSPS) is 18.1. The molecule has 1 atom stereocenters. The number of hydrogen-bond acceptors (Lipinski definition) is 4. The number of benzene rings is 1. The summed E-state index contributed by atoms with van der Waals surface area (Å²) in [6.45, 7) is 3.82. The summed E-state index contributed by atoms with van der Waals surface area (Å²) in [5.41, 5.74) is 0.673. The molecular formula is C16H22N2O4. The lowest BCUT2D eigenvalue weighted by atomic mass is 10.1. The van der Waals surface area contributed by atoms with Gasteiger partial charge in [0.05, 0.1) is 12.8 Å². The van der Waals surface area contributed by atoms with Crippen LogP contribution in [0.1, 0.15) is 36.5 Å². The van der Waals surface area contributed by atoms with Gasteiger partial charge in [-0.3, -0.25) is 9.69 Å². The highest BCUT2D eigenvalue weighted by Gasteiger charge is 2.25. The average Bonchev–Trinajstić information content (AvgIpc) is 2.90. The molecule has 0 saturated carbocycles. The predicted octanol–water partition coefficient (Wildman–Crippen LogP) is 2.35. The van der Waals surface area contributed by atoms with Crippen LogP contribution in [0.15, 0.2) is 24.3 Å². The lowest BCUT2D eigenvalue weighted by molar-refractivity contribution is 0.101. The van der Waals surface area contributed by atoms with Crippen molar-refractivity contribution in [2.45, 2.75) is 32.4 Å². The van der Waals surface area contributed by atoms with E-state index in [1.54, 1.807) is 24.3 Å². The minimum Gasteiger partial charge on any atom is -0.494 e. The third-order valence-corrected chi connectivity index (χ3v) is 3.77. The Labute approximate surface area is 130 Å². The maximum atomic E-state index is 11.2. The quantitative estimate of drug-likeness (QED) is 0.597. The Hall–Kier alpha value is -2.08. The van der Waals surface area contributed by atoms with Gasteiger partial charge in [0.25, 0.3) is 0 Å². The van der Waals surface area contributed by atoms with Gasteiger partial charge in [0.2, 0.25) is 0 Å². The van der Waals surface area contributed by atoms with Crippen molar-refractivity contribution >= 4 is 11.9 Å². The highest BCUT2D eigenvalue weighted by Crippen LogP contribution is 2.16. The molecule has 1 aliphatic rings. The van der Waals surface area contributed by atoms with E-state index in [2.05, 4.69) is 10.2 Å². The predicted molar refractivity (Wildman–Crippen MR) is 82.3 cm³/mol. The monoisotopic (exact) mass is 306 g/mol. The molecule has 1 saturated heterocycles. The number of ether oxygens (including phenoxy) is 1. The van der Waals surface area contributed by atoms with Crippen LogP contribution in [0.3, 0.4) is 0 Å². The summed E-state index contributed by atoms with van der Waals surface area (Å²) in [6, 6.07) is 7.10.